The molecule has 0 radical (unpaired) electrons. The normalized spacial score (nSPS) is 10.3. The Morgan fingerprint density at radius 2 is 2.33 bits per heavy atom. The van der Waals surface area contributed by atoms with Gasteiger partial charge in [0.05, 0.1) is 5.56 Å². The van der Waals surface area contributed by atoms with E-state index in [0.717, 1.165) is 3.57 Å². The Labute approximate surface area is 117 Å². The fourth-order valence-corrected chi connectivity index (χ4v) is 1.87. The van der Waals surface area contributed by atoms with Crippen LogP contribution < -0.4 is 5.32 Å². The van der Waals surface area contributed by atoms with E-state index in [4.69, 9.17) is 4.52 Å². The van der Waals surface area contributed by atoms with Crippen LogP contribution in [0.4, 0.5) is 0 Å². The van der Waals surface area contributed by atoms with Crippen molar-refractivity contribution in [2.24, 2.45) is 0 Å². The van der Waals surface area contributed by atoms with Crippen LogP contribution in [0.15, 0.2) is 29.0 Å². The monoisotopic (exact) mass is 359 g/mol. The van der Waals surface area contributed by atoms with Crippen molar-refractivity contribution in [3.8, 4) is 5.75 Å². The maximum absolute atomic E-state index is 11.8. The number of nitrogens with zero attached hydrogens (tertiary/aromatic N) is 2. The molecule has 0 unspecified atom stereocenters. The third-order valence-corrected chi connectivity index (χ3v) is 2.91. The van der Waals surface area contributed by atoms with Gasteiger partial charge >= 0.3 is 0 Å². The van der Waals surface area contributed by atoms with Crippen LogP contribution in [-0.2, 0) is 6.42 Å². The Balaban J connectivity index is 1.93. The summed E-state index contributed by atoms with van der Waals surface area (Å²) in [6, 6.07) is 4.84. The van der Waals surface area contributed by atoms with Gasteiger partial charge in [-0.05, 0) is 40.8 Å². The van der Waals surface area contributed by atoms with E-state index in [0.29, 0.717) is 18.9 Å². The van der Waals surface area contributed by atoms with E-state index in [-0.39, 0.29) is 17.2 Å². The van der Waals surface area contributed by atoms with Crippen molar-refractivity contribution in [2.45, 2.75) is 6.42 Å². The van der Waals surface area contributed by atoms with Crippen LogP contribution in [-0.4, -0.2) is 27.7 Å². The first-order chi connectivity index (χ1) is 8.66. The number of nitrogens with one attached hydrogen (secondary N) is 1. The van der Waals surface area contributed by atoms with Crippen LogP contribution in [0.25, 0.3) is 0 Å². The van der Waals surface area contributed by atoms with Crippen LogP contribution >= 0.6 is 22.6 Å². The molecule has 0 bridgehead atoms. The number of benzene rings is 1. The summed E-state index contributed by atoms with van der Waals surface area (Å²) in [7, 11) is 0. The molecule has 7 heteroatoms. The van der Waals surface area contributed by atoms with E-state index in [1.807, 2.05) is 0 Å². The molecule has 2 N–H and O–H groups in total. The molecular formula is C11H10IN3O3. The second-order valence-corrected chi connectivity index (χ2v) is 4.75. The van der Waals surface area contributed by atoms with Crippen LogP contribution in [0.3, 0.4) is 0 Å². The highest BCUT2D eigenvalue weighted by Gasteiger charge is 2.11. The van der Waals surface area contributed by atoms with Crippen molar-refractivity contribution in [1.29, 1.82) is 0 Å². The van der Waals surface area contributed by atoms with Crippen LogP contribution in [0.2, 0.25) is 0 Å². The number of hydrogen-bond donors (Lipinski definition) is 2. The average Bonchev–Trinajstić information content (AvgIpc) is 2.85. The SMILES string of the molecule is O=C(NCCc1ncno1)c1cc(I)ccc1O. The van der Waals surface area contributed by atoms with Crippen LogP contribution in [0.1, 0.15) is 16.2 Å². The topological polar surface area (TPSA) is 88.3 Å². The molecule has 0 saturated heterocycles. The first-order valence-electron chi connectivity index (χ1n) is 5.19. The largest absolute Gasteiger partial charge is 0.507 e. The number of carbonyl (C=O) groups is 1. The summed E-state index contributed by atoms with van der Waals surface area (Å²) in [6.07, 6.45) is 1.76. The lowest BCUT2D eigenvalue weighted by Gasteiger charge is -2.06. The molecule has 0 aliphatic carbocycles. The number of aromatic hydroxyl groups is 1. The summed E-state index contributed by atoms with van der Waals surface area (Å²) in [5, 5.41) is 15.7. The van der Waals surface area contributed by atoms with E-state index in [2.05, 4.69) is 38.0 Å². The molecule has 0 atom stereocenters. The molecular weight excluding hydrogens is 349 g/mol. The Kier molecular flexibility index (Phi) is 4.13. The van der Waals surface area contributed by atoms with Gasteiger partial charge in [0.1, 0.15) is 5.75 Å². The van der Waals surface area contributed by atoms with E-state index in [1.165, 1.54) is 12.4 Å². The molecule has 2 rings (SSSR count). The first kappa shape index (κ1) is 12.8. The Bertz CT molecular complexity index is 542. The summed E-state index contributed by atoms with van der Waals surface area (Å²) < 4.78 is 5.68. The zero-order valence-electron chi connectivity index (χ0n) is 9.26. The Morgan fingerprint density at radius 3 is 3.06 bits per heavy atom. The quantitative estimate of drug-likeness (QED) is 0.805. The maximum atomic E-state index is 11.8. The van der Waals surface area contributed by atoms with Gasteiger partial charge in [-0.25, -0.2) is 0 Å². The van der Waals surface area contributed by atoms with Gasteiger partial charge in [-0.1, -0.05) is 5.16 Å². The van der Waals surface area contributed by atoms with Gasteiger partial charge < -0.3 is 14.9 Å². The summed E-state index contributed by atoms with van der Waals surface area (Å²) in [6.45, 7) is 0.367. The molecule has 1 amide bonds. The van der Waals surface area contributed by atoms with Crippen molar-refractivity contribution in [3.63, 3.8) is 0 Å². The number of phenols is 1. The molecule has 0 aliphatic rings. The average molecular weight is 359 g/mol. The third-order valence-electron chi connectivity index (χ3n) is 2.23. The molecule has 18 heavy (non-hydrogen) atoms. The number of halogens is 1. The smallest absolute Gasteiger partial charge is 0.255 e. The number of rotatable bonds is 4. The lowest BCUT2D eigenvalue weighted by molar-refractivity contribution is 0.0950. The second kappa shape index (κ2) is 5.80. The number of phenolic OH excluding ortho intramolecular Hbond substituents is 1. The van der Waals surface area contributed by atoms with Crippen molar-refractivity contribution in [1.82, 2.24) is 15.5 Å². The third kappa shape index (κ3) is 3.19. The fourth-order valence-electron chi connectivity index (χ4n) is 1.37. The highest BCUT2D eigenvalue weighted by molar-refractivity contribution is 14.1. The maximum Gasteiger partial charge on any atom is 0.255 e. The highest BCUT2D eigenvalue weighted by Crippen LogP contribution is 2.19. The van der Waals surface area contributed by atoms with Crippen LogP contribution in [0.5, 0.6) is 5.75 Å². The molecule has 0 saturated carbocycles. The molecule has 2 aromatic rings. The molecule has 1 heterocycles. The second-order valence-electron chi connectivity index (χ2n) is 3.50. The van der Waals surface area contributed by atoms with Gasteiger partial charge in [0.25, 0.3) is 5.91 Å². The predicted molar refractivity (Wildman–Crippen MR) is 71.2 cm³/mol. The lowest BCUT2D eigenvalue weighted by Crippen LogP contribution is -2.25. The first-order valence-corrected chi connectivity index (χ1v) is 6.27. The van der Waals surface area contributed by atoms with Crippen molar-refractivity contribution in [2.75, 3.05) is 6.54 Å². The summed E-state index contributed by atoms with van der Waals surface area (Å²) >= 11 is 2.08. The molecule has 0 spiro atoms. The minimum atomic E-state index is -0.328. The van der Waals surface area contributed by atoms with Crippen molar-refractivity contribution >= 4 is 28.5 Å². The zero-order valence-corrected chi connectivity index (χ0v) is 11.4. The van der Waals surface area contributed by atoms with Gasteiger partial charge in [0, 0.05) is 16.5 Å². The van der Waals surface area contributed by atoms with Gasteiger partial charge in [0.15, 0.2) is 6.33 Å². The standard InChI is InChI=1S/C11H10IN3O3/c12-7-1-2-9(16)8(5-7)11(17)13-4-3-10-14-6-15-18-10/h1-2,5-6,16H,3-4H2,(H,13,17). The van der Waals surface area contributed by atoms with E-state index in [9.17, 15) is 9.90 Å². The predicted octanol–water partition coefficient (Wildman–Crippen LogP) is 1.35. The summed E-state index contributed by atoms with van der Waals surface area (Å²) in [5.74, 6) is 0.0957. The Hall–Kier alpha value is -1.64. The van der Waals surface area contributed by atoms with Gasteiger partial charge in [0.2, 0.25) is 5.89 Å². The van der Waals surface area contributed by atoms with E-state index < -0.39 is 0 Å². The summed E-state index contributed by atoms with van der Waals surface area (Å²) in [4.78, 5) is 15.6. The van der Waals surface area contributed by atoms with Crippen molar-refractivity contribution < 1.29 is 14.4 Å². The molecule has 0 aliphatic heterocycles. The minimum absolute atomic E-state index is 0.0364. The number of hydrogen-bond acceptors (Lipinski definition) is 5. The molecule has 1 aromatic carbocycles. The number of amides is 1. The molecule has 1 aromatic heterocycles. The van der Waals surface area contributed by atoms with Crippen molar-refractivity contribution in [3.05, 3.63) is 39.6 Å². The number of aromatic nitrogens is 2. The van der Waals surface area contributed by atoms with Gasteiger partial charge in [-0.15, -0.1) is 0 Å². The summed E-state index contributed by atoms with van der Waals surface area (Å²) in [5.41, 5.74) is 0.257. The molecule has 6 nitrogen and oxygen atoms in total. The van der Waals surface area contributed by atoms with E-state index in [1.54, 1.807) is 12.1 Å². The minimum Gasteiger partial charge on any atom is -0.507 e. The Morgan fingerprint density at radius 1 is 1.50 bits per heavy atom. The zero-order chi connectivity index (χ0) is 13.0. The van der Waals surface area contributed by atoms with Gasteiger partial charge in [-0.2, -0.15) is 4.98 Å². The number of carbonyl (C=O) groups excluding carboxylic acids is 1. The highest BCUT2D eigenvalue weighted by atomic mass is 127. The lowest BCUT2D eigenvalue weighted by atomic mass is 10.2. The molecule has 0 fully saturated rings. The van der Waals surface area contributed by atoms with Crippen LogP contribution in [0, 0.1) is 3.57 Å². The molecule has 94 valence electrons. The van der Waals surface area contributed by atoms with E-state index >= 15 is 0 Å². The van der Waals surface area contributed by atoms with Gasteiger partial charge in [-0.3, -0.25) is 4.79 Å². The fraction of sp³-hybridized carbons (Fsp3) is 0.182.